The van der Waals surface area contributed by atoms with Gasteiger partial charge < -0.3 is 5.32 Å². The molecule has 1 N–H and O–H groups in total. The first-order valence-corrected chi connectivity index (χ1v) is 6.39. The van der Waals surface area contributed by atoms with Crippen molar-refractivity contribution in [1.82, 2.24) is 5.32 Å². The molecular formula is C15H14F2N2O2. The van der Waals surface area contributed by atoms with E-state index >= 15 is 0 Å². The van der Waals surface area contributed by atoms with Gasteiger partial charge in [0.2, 0.25) is 0 Å². The van der Waals surface area contributed by atoms with Crippen LogP contribution in [0, 0.1) is 21.7 Å². The molecule has 0 heterocycles. The van der Waals surface area contributed by atoms with Crippen LogP contribution >= 0.6 is 0 Å². The minimum absolute atomic E-state index is 0.00235. The van der Waals surface area contributed by atoms with Gasteiger partial charge in [0, 0.05) is 30.3 Å². The van der Waals surface area contributed by atoms with Gasteiger partial charge >= 0.3 is 0 Å². The molecule has 0 bridgehead atoms. The van der Waals surface area contributed by atoms with Crippen molar-refractivity contribution in [2.75, 3.05) is 0 Å². The Morgan fingerprint density at radius 3 is 2.43 bits per heavy atom. The third-order valence-electron chi connectivity index (χ3n) is 3.23. The third-order valence-corrected chi connectivity index (χ3v) is 3.23. The van der Waals surface area contributed by atoms with Crippen LogP contribution in [0.15, 0.2) is 42.5 Å². The Hall–Kier alpha value is -2.34. The fraction of sp³-hybridized carbons (Fsp3) is 0.200. The van der Waals surface area contributed by atoms with Crippen LogP contribution in [0.4, 0.5) is 14.5 Å². The van der Waals surface area contributed by atoms with Gasteiger partial charge in [-0.25, -0.2) is 8.78 Å². The zero-order chi connectivity index (χ0) is 15.4. The molecule has 0 aliphatic rings. The number of benzene rings is 2. The molecule has 4 nitrogen and oxygen atoms in total. The van der Waals surface area contributed by atoms with Crippen molar-refractivity contribution >= 4 is 5.69 Å². The molecule has 0 aliphatic heterocycles. The summed E-state index contributed by atoms with van der Waals surface area (Å²) in [5.74, 6) is -1.23. The second-order valence-electron chi connectivity index (χ2n) is 4.65. The Labute approximate surface area is 120 Å². The molecule has 0 fully saturated rings. The molecule has 0 amide bonds. The Bertz CT molecular complexity index is 642. The van der Waals surface area contributed by atoms with Crippen molar-refractivity contribution in [1.29, 1.82) is 0 Å². The number of nitrogens with zero attached hydrogens (tertiary/aromatic N) is 1. The number of nitro groups is 1. The smallest absolute Gasteiger partial charge is 0.269 e. The van der Waals surface area contributed by atoms with Crippen molar-refractivity contribution in [3.05, 3.63) is 75.3 Å². The van der Waals surface area contributed by atoms with Gasteiger partial charge in [-0.3, -0.25) is 10.1 Å². The first kappa shape index (κ1) is 15.1. The van der Waals surface area contributed by atoms with E-state index in [1.807, 2.05) is 0 Å². The van der Waals surface area contributed by atoms with E-state index in [0.29, 0.717) is 5.56 Å². The molecule has 110 valence electrons. The molecule has 1 unspecified atom stereocenters. The van der Waals surface area contributed by atoms with Crippen LogP contribution < -0.4 is 5.32 Å². The first-order valence-electron chi connectivity index (χ1n) is 6.39. The summed E-state index contributed by atoms with van der Waals surface area (Å²) in [5.41, 5.74) is 0.619. The van der Waals surface area contributed by atoms with E-state index in [9.17, 15) is 18.9 Å². The van der Waals surface area contributed by atoms with E-state index in [4.69, 9.17) is 0 Å². The summed E-state index contributed by atoms with van der Waals surface area (Å²) in [4.78, 5) is 10.3. The highest BCUT2D eigenvalue weighted by Gasteiger charge is 2.13. The second-order valence-corrected chi connectivity index (χ2v) is 4.65. The van der Waals surface area contributed by atoms with Gasteiger partial charge in [-0.15, -0.1) is 0 Å². The van der Waals surface area contributed by atoms with Crippen LogP contribution in [0.25, 0.3) is 0 Å². The number of halogens is 2. The molecule has 0 saturated carbocycles. The number of non-ortho nitro benzene ring substituents is 1. The van der Waals surface area contributed by atoms with Crippen LogP contribution in [0.1, 0.15) is 24.1 Å². The second kappa shape index (κ2) is 6.41. The highest BCUT2D eigenvalue weighted by Crippen LogP contribution is 2.20. The van der Waals surface area contributed by atoms with Crippen molar-refractivity contribution in [2.24, 2.45) is 0 Å². The van der Waals surface area contributed by atoms with Gasteiger partial charge in [-0.1, -0.05) is 18.2 Å². The van der Waals surface area contributed by atoms with Crippen molar-refractivity contribution < 1.29 is 13.7 Å². The summed E-state index contributed by atoms with van der Waals surface area (Å²) in [6.07, 6.45) is 0. The molecule has 0 radical (unpaired) electrons. The maximum atomic E-state index is 13.5. The molecule has 0 aromatic heterocycles. The van der Waals surface area contributed by atoms with Crippen LogP contribution in [0.3, 0.4) is 0 Å². The van der Waals surface area contributed by atoms with E-state index in [1.54, 1.807) is 19.1 Å². The highest BCUT2D eigenvalue weighted by atomic mass is 19.1. The predicted molar refractivity (Wildman–Crippen MR) is 74.7 cm³/mol. The number of rotatable bonds is 5. The molecule has 0 saturated heterocycles. The molecule has 21 heavy (non-hydrogen) atoms. The Kier molecular flexibility index (Phi) is 4.59. The Morgan fingerprint density at radius 1 is 1.19 bits per heavy atom. The highest BCUT2D eigenvalue weighted by molar-refractivity contribution is 5.35. The lowest BCUT2D eigenvalue weighted by Crippen LogP contribution is -2.19. The first-order chi connectivity index (χ1) is 9.99. The molecule has 2 rings (SSSR count). The molecule has 2 aromatic carbocycles. The van der Waals surface area contributed by atoms with Crippen LogP contribution in [0.2, 0.25) is 0 Å². The maximum absolute atomic E-state index is 13.5. The van der Waals surface area contributed by atoms with E-state index in [0.717, 1.165) is 0 Å². The minimum atomic E-state index is -0.617. The van der Waals surface area contributed by atoms with Crippen molar-refractivity contribution in [3.8, 4) is 0 Å². The van der Waals surface area contributed by atoms with Gasteiger partial charge in [-0.05, 0) is 24.6 Å². The van der Waals surface area contributed by atoms with Crippen LogP contribution in [-0.2, 0) is 6.54 Å². The van der Waals surface area contributed by atoms with Gasteiger partial charge in [0.15, 0.2) is 0 Å². The van der Waals surface area contributed by atoms with E-state index in [-0.39, 0.29) is 23.8 Å². The van der Waals surface area contributed by atoms with Crippen LogP contribution in [-0.4, -0.2) is 4.92 Å². The molecule has 0 spiro atoms. The Morgan fingerprint density at radius 2 is 1.81 bits per heavy atom. The van der Waals surface area contributed by atoms with Crippen molar-refractivity contribution in [2.45, 2.75) is 19.5 Å². The van der Waals surface area contributed by atoms with Gasteiger partial charge in [0.1, 0.15) is 11.6 Å². The summed E-state index contributed by atoms with van der Waals surface area (Å²) >= 11 is 0. The fourth-order valence-electron chi connectivity index (χ4n) is 1.98. The Balaban J connectivity index is 2.10. The predicted octanol–water partition coefficient (Wildman–Crippen LogP) is 3.72. The number of nitro benzene ring substituents is 1. The lowest BCUT2D eigenvalue weighted by atomic mass is 10.1. The largest absolute Gasteiger partial charge is 0.306 e. The average molecular weight is 292 g/mol. The topological polar surface area (TPSA) is 55.2 Å². The summed E-state index contributed by atoms with van der Waals surface area (Å²) in [6, 6.07) is 9.55. The molecule has 1 atom stereocenters. The molecule has 0 aliphatic carbocycles. The number of hydrogen-bond donors (Lipinski definition) is 1. The monoisotopic (exact) mass is 292 g/mol. The molecular weight excluding hydrogens is 278 g/mol. The van der Waals surface area contributed by atoms with Crippen molar-refractivity contribution in [3.63, 3.8) is 0 Å². The zero-order valence-corrected chi connectivity index (χ0v) is 11.3. The van der Waals surface area contributed by atoms with E-state index in [2.05, 4.69) is 5.32 Å². The third kappa shape index (κ3) is 3.61. The van der Waals surface area contributed by atoms with Crippen LogP contribution in [0.5, 0.6) is 0 Å². The summed E-state index contributed by atoms with van der Waals surface area (Å²) in [7, 11) is 0. The molecule has 6 heteroatoms. The average Bonchev–Trinajstić information content (AvgIpc) is 2.46. The quantitative estimate of drug-likeness (QED) is 0.675. The lowest BCUT2D eigenvalue weighted by molar-refractivity contribution is -0.384. The minimum Gasteiger partial charge on any atom is -0.306 e. The molecule has 2 aromatic rings. The standard InChI is InChI=1S/C15H14F2N2O2/c1-10(11-4-2-5-12(8-11)19(20)21)18-9-13-14(16)6-3-7-15(13)17/h2-8,10,18H,9H2,1H3. The number of hydrogen-bond acceptors (Lipinski definition) is 3. The summed E-state index contributed by atoms with van der Waals surface area (Å²) in [5, 5.41) is 13.7. The maximum Gasteiger partial charge on any atom is 0.269 e. The van der Waals surface area contributed by atoms with Gasteiger partial charge in [-0.2, -0.15) is 0 Å². The summed E-state index contributed by atoms with van der Waals surface area (Å²) in [6.45, 7) is 1.78. The SMILES string of the molecule is CC(NCc1c(F)cccc1F)c1cccc([N+](=O)[O-])c1. The van der Waals surface area contributed by atoms with Gasteiger partial charge in [0.05, 0.1) is 4.92 Å². The lowest BCUT2D eigenvalue weighted by Gasteiger charge is -2.15. The summed E-state index contributed by atoms with van der Waals surface area (Å²) < 4.78 is 27.0. The number of nitrogens with one attached hydrogen (secondary N) is 1. The van der Waals surface area contributed by atoms with E-state index < -0.39 is 16.6 Å². The fourth-order valence-corrected chi connectivity index (χ4v) is 1.98. The van der Waals surface area contributed by atoms with Gasteiger partial charge in [0.25, 0.3) is 5.69 Å². The van der Waals surface area contributed by atoms with E-state index in [1.165, 1.54) is 30.3 Å². The normalized spacial score (nSPS) is 12.1. The zero-order valence-electron chi connectivity index (χ0n) is 11.3.